The van der Waals surface area contributed by atoms with E-state index in [1.807, 2.05) is 6.07 Å². The summed E-state index contributed by atoms with van der Waals surface area (Å²) in [6.07, 6.45) is 0. The molecule has 4 radical (unpaired) electrons. The second kappa shape index (κ2) is 6.57. The quantitative estimate of drug-likeness (QED) is 0.491. The number of rotatable bonds is 2. The van der Waals surface area contributed by atoms with Gasteiger partial charge in [0.15, 0.2) is 11.5 Å². The van der Waals surface area contributed by atoms with Crippen LogP contribution in [0, 0.1) is 11.3 Å². The molecule has 144 valence electrons. The molecule has 1 N–H and O–H groups in total. The van der Waals surface area contributed by atoms with Crippen LogP contribution in [0.4, 0.5) is 4.39 Å². The standard InChI is InChI=1S/C18H9B2FN3O5P/c19-17(20)18(21,30)29-11-5-4-9(6-12(11)28-17)24-10-3-1-2-8(7-22)13(10)15(25)14(23-24)16(26)27/h1-6H,30H2,(H,26,27). The maximum Gasteiger partial charge on any atom is 0.360 e. The molecular formula is C18H9B2FN3O5P. The van der Waals surface area contributed by atoms with Crippen LogP contribution >= 0.6 is 9.24 Å². The zero-order chi connectivity index (χ0) is 21.8. The highest BCUT2D eigenvalue weighted by atomic mass is 31.0. The van der Waals surface area contributed by atoms with Crippen molar-refractivity contribution in [3.05, 3.63) is 57.9 Å². The number of fused-ring (bicyclic) bond motifs is 2. The van der Waals surface area contributed by atoms with Crippen LogP contribution in [0.5, 0.6) is 11.5 Å². The highest BCUT2D eigenvalue weighted by Gasteiger charge is 2.49. The number of hydrogen-bond acceptors (Lipinski definition) is 6. The maximum atomic E-state index is 14.4. The van der Waals surface area contributed by atoms with E-state index < -0.39 is 28.1 Å². The Balaban J connectivity index is 2.00. The maximum absolute atomic E-state index is 14.4. The molecule has 12 heteroatoms. The largest absolute Gasteiger partial charge is 0.496 e. The molecular weight excluding hydrogens is 410 g/mol. The summed E-state index contributed by atoms with van der Waals surface area (Å²) in [5.74, 6) is -1.60. The lowest BCUT2D eigenvalue weighted by Gasteiger charge is -2.43. The van der Waals surface area contributed by atoms with Crippen LogP contribution in [0.25, 0.3) is 16.6 Å². The zero-order valence-corrected chi connectivity index (χ0v) is 16.2. The van der Waals surface area contributed by atoms with Crippen molar-refractivity contribution in [2.75, 3.05) is 0 Å². The number of nitriles is 1. The van der Waals surface area contributed by atoms with Crippen molar-refractivity contribution in [2.24, 2.45) is 0 Å². The number of carbonyl (C=O) groups is 1. The van der Waals surface area contributed by atoms with Crippen LogP contribution in [-0.4, -0.2) is 47.5 Å². The molecule has 4 rings (SSSR count). The van der Waals surface area contributed by atoms with E-state index >= 15 is 0 Å². The monoisotopic (exact) mass is 419 g/mol. The van der Waals surface area contributed by atoms with Crippen molar-refractivity contribution in [3.63, 3.8) is 0 Å². The number of nitrogens with zero attached hydrogens (tertiary/aromatic N) is 3. The Labute approximate surface area is 173 Å². The molecule has 0 amide bonds. The van der Waals surface area contributed by atoms with Crippen LogP contribution in [0.15, 0.2) is 41.2 Å². The molecule has 1 aromatic heterocycles. The summed E-state index contributed by atoms with van der Waals surface area (Å²) in [6.45, 7) is 0. The van der Waals surface area contributed by atoms with E-state index in [0.29, 0.717) is 0 Å². The molecule has 0 saturated carbocycles. The molecule has 8 nitrogen and oxygen atoms in total. The van der Waals surface area contributed by atoms with E-state index in [4.69, 9.17) is 25.2 Å². The van der Waals surface area contributed by atoms with E-state index in [1.165, 1.54) is 36.4 Å². The van der Waals surface area contributed by atoms with Crippen molar-refractivity contribution in [2.45, 2.75) is 11.0 Å². The summed E-state index contributed by atoms with van der Waals surface area (Å²) in [4.78, 5) is 24.2. The molecule has 2 unspecified atom stereocenters. The van der Waals surface area contributed by atoms with Gasteiger partial charge in [-0.05, 0) is 24.3 Å². The number of carboxylic acid groups (broad SMARTS) is 1. The number of ether oxygens (including phenoxy) is 2. The predicted molar refractivity (Wildman–Crippen MR) is 108 cm³/mol. The van der Waals surface area contributed by atoms with Crippen LogP contribution in [0.3, 0.4) is 0 Å². The van der Waals surface area contributed by atoms with Gasteiger partial charge in [0.1, 0.15) is 15.7 Å². The van der Waals surface area contributed by atoms with Gasteiger partial charge in [-0.15, -0.1) is 0 Å². The molecule has 0 fully saturated rings. The topological polar surface area (TPSA) is 114 Å². The van der Waals surface area contributed by atoms with Gasteiger partial charge in [0.2, 0.25) is 11.1 Å². The van der Waals surface area contributed by atoms with Crippen LogP contribution in [-0.2, 0) is 0 Å². The van der Waals surface area contributed by atoms with Crippen molar-refractivity contribution in [1.29, 1.82) is 5.26 Å². The number of hydrogen-bond donors (Lipinski definition) is 1. The molecule has 0 aliphatic carbocycles. The van der Waals surface area contributed by atoms with Gasteiger partial charge in [-0.25, -0.2) is 9.48 Å². The molecule has 30 heavy (non-hydrogen) atoms. The highest BCUT2D eigenvalue weighted by Crippen LogP contribution is 2.45. The third kappa shape index (κ3) is 2.92. The minimum absolute atomic E-state index is 0.00991. The average Bonchev–Trinajstić information content (AvgIpc) is 2.67. The second-order valence-electron chi connectivity index (χ2n) is 6.48. The number of aromatic carboxylic acids is 1. The van der Waals surface area contributed by atoms with Gasteiger partial charge >= 0.3 is 5.97 Å². The van der Waals surface area contributed by atoms with Gasteiger partial charge in [-0.2, -0.15) is 14.8 Å². The summed E-state index contributed by atoms with van der Waals surface area (Å²) in [6, 6.07) is 10.4. The van der Waals surface area contributed by atoms with Crippen LogP contribution in [0.1, 0.15) is 16.1 Å². The number of benzene rings is 2. The van der Waals surface area contributed by atoms with Gasteiger partial charge < -0.3 is 14.6 Å². The minimum Gasteiger partial charge on any atom is -0.496 e. The van der Waals surface area contributed by atoms with E-state index in [0.717, 1.165) is 4.68 Å². The van der Waals surface area contributed by atoms with Gasteiger partial charge in [-0.1, -0.05) is 15.3 Å². The summed E-state index contributed by atoms with van der Waals surface area (Å²) in [5, 5.41) is 20.2. The summed E-state index contributed by atoms with van der Waals surface area (Å²) >= 11 is 0. The lowest BCUT2D eigenvalue weighted by atomic mass is 9.64. The third-order valence-electron chi connectivity index (χ3n) is 4.48. The molecule has 0 spiro atoms. The lowest BCUT2D eigenvalue weighted by molar-refractivity contribution is -0.0751. The summed E-state index contributed by atoms with van der Waals surface area (Å²) in [7, 11) is 13.0. The second-order valence-corrected chi connectivity index (χ2v) is 7.22. The van der Waals surface area contributed by atoms with Crippen molar-refractivity contribution < 1.29 is 23.8 Å². The van der Waals surface area contributed by atoms with Crippen molar-refractivity contribution >= 4 is 41.8 Å². The van der Waals surface area contributed by atoms with E-state index in [2.05, 4.69) is 5.10 Å². The Bertz CT molecular complexity index is 1340. The fourth-order valence-electron chi connectivity index (χ4n) is 2.99. The predicted octanol–water partition coefficient (Wildman–Crippen LogP) is 1.22. The van der Waals surface area contributed by atoms with Crippen molar-refractivity contribution in [3.8, 4) is 23.3 Å². The molecule has 2 heterocycles. The highest BCUT2D eigenvalue weighted by molar-refractivity contribution is 7.19. The summed E-state index contributed by atoms with van der Waals surface area (Å²) in [5.41, 5.74) is -3.87. The first-order valence-corrected chi connectivity index (χ1v) is 8.91. The fourth-order valence-corrected chi connectivity index (χ4v) is 3.17. The van der Waals surface area contributed by atoms with E-state index in [9.17, 15) is 24.3 Å². The van der Waals surface area contributed by atoms with Crippen LogP contribution in [0.2, 0.25) is 0 Å². The van der Waals surface area contributed by atoms with E-state index in [-0.39, 0.29) is 33.7 Å². The number of alkyl halides is 1. The molecule has 1 aliphatic heterocycles. The molecule has 2 aromatic carbocycles. The van der Waals surface area contributed by atoms with Gasteiger partial charge in [0, 0.05) is 6.07 Å². The normalized spacial score (nSPS) is 19.2. The Kier molecular flexibility index (Phi) is 4.37. The zero-order valence-electron chi connectivity index (χ0n) is 15.0. The molecule has 3 aromatic rings. The van der Waals surface area contributed by atoms with Crippen LogP contribution < -0.4 is 14.9 Å². The van der Waals surface area contributed by atoms with Gasteiger partial charge in [0.25, 0.3) is 5.60 Å². The smallest absolute Gasteiger partial charge is 0.360 e. The number of aromatic nitrogens is 2. The van der Waals surface area contributed by atoms with Crippen molar-refractivity contribution in [1.82, 2.24) is 9.78 Å². The first-order chi connectivity index (χ1) is 14.1. The van der Waals surface area contributed by atoms with Gasteiger partial charge in [-0.3, -0.25) is 4.79 Å². The third-order valence-corrected chi connectivity index (χ3v) is 5.05. The number of carboxylic acids is 1. The Morgan fingerprint density at radius 1 is 1.27 bits per heavy atom. The summed E-state index contributed by atoms with van der Waals surface area (Å²) < 4.78 is 26.0. The number of halogens is 1. The Morgan fingerprint density at radius 2 is 2.00 bits per heavy atom. The first kappa shape index (κ1) is 19.9. The molecule has 0 saturated heterocycles. The molecule has 0 bridgehead atoms. The Hall–Kier alpha value is -3.37. The fraction of sp³-hybridized carbons (Fsp3) is 0.111. The lowest BCUT2D eigenvalue weighted by Crippen LogP contribution is -2.58. The average molecular weight is 419 g/mol. The molecule has 2 atom stereocenters. The van der Waals surface area contributed by atoms with E-state index in [1.54, 1.807) is 9.24 Å². The Morgan fingerprint density at radius 3 is 2.67 bits per heavy atom. The first-order valence-electron chi connectivity index (χ1n) is 8.33. The van der Waals surface area contributed by atoms with Gasteiger partial charge in [0.05, 0.1) is 33.6 Å². The molecule has 1 aliphatic rings. The minimum atomic E-state index is -2.60. The SMILES string of the molecule is [B]C1([B])Oc2cc(-n3nc(C(=O)O)c(=O)c4c(C#N)cccc43)ccc2OC1(F)P.